The maximum Gasteiger partial charge on any atom is 0.229 e. The first kappa shape index (κ1) is 23.6. The Labute approximate surface area is 205 Å². The number of amides is 1. The molecule has 0 fully saturated rings. The van der Waals surface area contributed by atoms with Crippen LogP contribution in [0.15, 0.2) is 71.9 Å². The maximum absolute atomic E-state index is 13.2. The molecule has 33 heavy (non-hydrogen) atoms. The van der Waals surface area contributed by atoms with Crippen LogP contribution in [0.4, 0.5) is 5.13 Å². The molecule has 2 aromatic carbocycles. The molecule has 0 atom stereocenters. The van der Waals surface area contributed by atoms with Gasteiger partial charge in [0, 0.05) is 23.8 Å². The fourth-order valence-electron chi connectivity index (χ4n) is 3.26. The number of aromatic nitrogens is 2. The summed E-state index contributed by atoms with van der Waals surface area (Å²) in [5.74, 6) is -0.368. The van der Waals surface area contributed by atoms with Crippen LogP contribution in [0, 0.1) is 0 Å². The fourth-order valence-corrected chi connectivity index (χ4v) is 5.98. The van der Waals surface area contributed by atoms with E-state index in [1.54, 1.807) is 29.4 Å². The molecule has 2 aromatic heterocycles. The lowest BCUT2D eigenvalue weighted by molar-refractivity contribution is -0.118. The number of rotatable bonds is 8. The van der Waals surface area contributed by atoms with Crippen molar-refractivity contribution in [1.29, 1.82) is 0 Å². The average Bonchev–Trinajstić information content (AvgIpc) is 3.23. The Bertz CT molecular complexity index is 1380. The second-order valence-electron chi connectivity index (χ2n) is 7.30. The Morgan fingerprint density at radius 2 is 1.82 bits per heavy atom. The summed E-state index contributed by atoms with van der Waals surface area (Å²) in [4.78, 5) is 23.7. The number of benzene rings is 2. The maximum atomic E-state index is 13.2. The summed E-state index contributed by atoms with van der Waals surface area (Å²) in [6, 6.07) is 15.2. The zero-order chi connectivity index (χ0) is 23.4. The lowest BCUT2D eigenvalue weighted by Crippen LogP contribution is -2.30. The van der Waals surface area contributed by atoms with E-state index in [2.05, 4.69) is 9.97 Å². The molecule has 1 amide bonds. The van der Waals surface area contributed by atoms with Crippen molar-refractivity contribution < 1.29 is 13.2 Å². The second kappa shape index (κ2) is 10.2. The standard InChI is InChI=1S/C23H19Cl2N3O3S2/c24-17-8-10-18(11-9-17)33(30,31)13-3-7-21(29)28(15-16-4-2-12-26-14-16)23-27-22-19(25)5-1-6-20(22)32-23/h1-2,4-6,8-12,14H,3,7,13,15H2. The van der Waals surface area contributed by atoms with Gasteiger partial charge in [0.1, 0.15) is 5.52 Å². The van der Waals surface area contributed by atoms with E-state index in [1.165, 1.54) is 35.6 Å². The molecule has 0 aliphatic heterocycles. The topological polar surface area (TPSA) is 80.2 Å². The number of thiazole rings is 1. The number of para-hydroxylation sites is 1. The molecule has 0 bridgehead atoms. The minimum Gasteiger partial charge on any atom is -0.284 e. The molecule has 10 heteroatoms. The monoisotopic (exact) mass is 519 g/mol. The van der Waals surface area contributed by atoms with E-state index >= 15 is 0 Å². The first-order chi connectivity index (χ1) is 15.8. The summed E-state index contributed by atoms with van der Waals surface area (Å²) < 4.78 is 26.1. The molecule has 0 unspecified atom stereocenters. The number of hydrogen-bond acceptors (Lipinski definition) is 6. The van der Waals surface area contributed by atoms with Crippen molar-refractivity contribution in [2.75, 3.05) is 10.7 Å². The van der Waals surface area contributed by atoms with Gasteiger partial charge in [-0.2, -0.15) is 0 Å². The van der Waals surface area contributed by atoms with Crippen molar-refractivity contribution in [2.45, 2.75) is 24.3 Å². The number of carbonyl (C=O) groups is 1. The van der Waals surface area contributed by atoms with E-state index < -0.39 is 9.84 Å². The van der Waals surface area contributed by atoms with Crippen molar-refractivity contribution in [1.82, 2.24) is 9.97 Å². The molecule has 0 N–H and O–H groups in total. The molecule has 4 rings (SSSR count). The number of nitrogens with zero attached hydrogens (tertiary/aromatic N) is 3. The van der Waals surface area contributed by atoms with Crippen molar-refractivity contribution in [3.63, 3.8) is 0 Å². The smallest absolute Gasteiger partial charge is 0.229 e. The zero-order valence-electron chi connectivity index (χ0n) is 17.3. The Kier molecular flexibility index (Phi) is 7.29. The molecule has 0 spiro atoms. The largest absolute Gasteiger partial charge is 0.284 e. The minimum atomic E-state index is -3.52. The van der Waals surface area contributed by atoms with Gasteiger partial charge in [-0.15, -0.1) is 0 Å². The molecule has 0 radical (unpaired) electrons. The molecule has 0 saturated carbocycles. The molecule has 6 nitrogen and oxygen atoms in total. The third kappa shape index (κ3) is 5.70. The summed E-state index contributed by atoms with van der Waals surface area (Å²) in [5.41, 5.74) is 1.47. The van der Waals surface area contributed by atoms with Crippen LogP contribution in [0.3, 0.4) is 0 Å². The Morgan fingerprint density at radius 3 is 2.52 bits per heavy atom. The molecule has 4 aromatic rings. The van der Waals surface area contributed by atoms with Crippen LogP contribution in [-0.4, -0.2) is 30.0 Å². The molecular weight excluding hydrogens is 501 g/mol. The highest BCUT2D eigenvalue weighted by atomic mass is 35.5. The molecule has 0 aliphatic rings. The van der Waals surface area contributed by atoms with Gasteiger partial charge in [-0.05, 0) is 54.4 Å². The number of fused-ring (bicyclic) bond motifs is 1. The third-order valence-electron chi connectivity index (χ3n) is 4.93. The van der Waals surface area contributed by atoms with Crippen LogP contribution in [0.25, 0.3) is 10.2 Å². The van der Waals surface area contributed by atoms with Crippen LogP contribution in [-0.2, 0) is 21.2 Å². The van der Waals surface area contributed by atoms with Crippen LogP contribution in [0.1, 0.15) is 18.4 Å². The zero-order valence-corrected chi connectivity index (χ0v) is 20.5. The number of halogens is 2. The van der Waals surface area contributed by atoms with Gasteiger partial charge < -0.3 is 0 Å². The van der Waals surface area contributed by atoms with E-state index in [0.717, 1.165) is 10.3 Å². The molecular formula is C23H19Cl2N3O3S2. The minimum absolute atomic E-state index is 0.0523. The number of pyridine rings is 1. The first-order valence-corrected chi connectivity index (χ1v) is 13.3. The summed E-state index contributed by atoms with van der Waals surface area (Å²) >= 11 is 13.5. The highest BCUT2D eigenvalue weighted by Crippen LogP contribution is 2.34. The second-order valence-corrected chi connectivity index (χ2v) is 11.3. The normalized spacial score (nSPS) is 11.6. The Morgan fingerprint density at radius 1 is 1.03 bits per heavy atom. The van der Waals surface area contributed by atoms with Gasteiger partial charge in [0.05, 0.1) is 26.9 Å². The summed E-state index contributed by atoms with van der Waals surface area (Å²) in [6.07, 6.45) is 3.58. The summed E-state index contributed by atoms with van der Waals surface area (Å²) in [5, 5.41) is 1.48. The summed E-state index contributed by atoms with van der Waals surface area (Å²) in [7, 11) is -3.52. The van der Waals surface area contributed by atoms with Gasteiger partial charge in [-0.1, -0.05) is 46.7 Å². The lowest BCUT2D eigenvalue weighted by atomic mass is 10.2. The van der Waals surface area contributed by atoms with Crippen molar-refractivity contribution >= 4 is 65.6 Å². The van der Waals surface area contributed by atoms with Gasteiger partial charge in [-0.25, -0.2) is 13.4 Å². The highest BCUT2D eigenvalue weighted by molar-refractivity contribution is 7.91. The van der Waals surface area contributed by atoms with Gasteiger partial charge in [0.25, 0.3) is 0 Å². The molecule has 0 aliphatic carbocycles. The van der Waals surface area contributed by atoms with Gasteiger partial charge >= 0.3 is 0 Å². The van der Waals surface area contributed by atoms with E-state index in [4.69, 9.17) is 23.2 Å². The fraction of sp³-hybridized carbons (Fsp3) is 0.174. The lowest BCUT2D eigenvalue weighted by Gasteiger charge is -2.20. The Hall–Kier alpha value is -2.52. The highest BCUT2D eigenvalue weighted by Gasteiger charge is 2.22. The SMILES string of the molecule is O=C(CCCS(=O)(=O)c1ccc(Cl)cc1)N(Cc1cccnc1)c1nc2c(Cl)cccc2s1. The first-order valence-electron chi connectivity index (χ1n) is 10.1. The van der Waals surface area contributed by atoms with Gasteiger partial charge in [-0.3, -0.25) is 14.7 Å². The number of anilines is 1. The van der Waals surface area contributed by atoms with E-state index in [1.807, 2.05) is 18.2 Å². The molecule has 2 heterocycles. The van der Waals surface area contributed by atoms with Crippen molar-refractivity contribution in [3.8, 4) is 0 Å². The predicted molar refractivity (Wildman–Crippen MR) is 133 cm³/mol. The van der Waals surface area contributed by atoms with Crippen LogP contribution < -0.4 is 4.90 Å². The number of sulfone groups is 1. The van der Waals surface area contributed by atoms with E-state index in [0.29, 0.717) is 20.7 Å². The third-order valence-corrected chi connectivity index (χ3v) is 8.35. The van der Waals surface area contributed by atoms with Crippen molar-refractivity contribution in [3.05, 3.63) is 82.6 Å². The quantitative estimate of drug-likeness (QED) is 0.294. The Balaban J connectivity index is 1.53. The predicted octanol–water partition coefficient (Wildman–Crippen LogP) is 5.79. The summed E-state index contributed by atoms with van der Waals surface area (Å²) in [6.45, 7) is 0.272. The van der Waals surface area contributed by atoms with E-state index in [9.17, 15) is 13.2 Å². The van der Waals surface area contributed by atoms with Crippen LogP contribution in [0.5, 0.6) is 0 Å². The van der Waals surface area contributed by atoms with Crippen molar-refractivity contribution in [2.24, 2.45) is 0 Å². The number of hydrogen-bond donors (Lipinski definition) is 0. The van der Waals surface area contributed by atoms with Crippen LogP contribution in [0.2, 0.25) is 10.0 Å². The van der Waals surface area contributed by atoms with Gasteiger partial charge in [0.15, 0.2) is 15.0 Å². The number of carbonyl (C=O) groups excluding carboxylic acids is 1. The van der Waals surface area contributed by atoms with Gasteiger partial charge in [0.2, 0.25) is 5.91 Å². The average molecular weight is 520 g/mol. The molecule has 170 valence electrons. The van der Waals surface area contributed by atoms with Crippen LogP contribution >= 0.6 is 34.5 Å². The van der Waals surface area contributed by atoms with E-state index in [-0.39, 0.29) is 35.9 Å². The molecule has 0 saturated heterocycles.